The number of rotatable bonds is 11. The van der Waals surface area contributed by atoms with Gasteiger partial charge in [-0.2, -0.15) is 8.78 Å². The second-order valence-electron chi connectivity index (χ2n) is 3.06. The van der Waals surface area contributed by atoms with Gasteiger partial charge in [-0.1, -0.05) is 15.9 Å². The van der Waals surface area contributed by atoms with Crippen LogP contribution in [0.15, 0.2) is 0 Å². The Labute approximate surface area is 114 Å². The molecule has 0 aliphatic rings. The summed E-state index contributed by atoms with van der Waals surface area (Å²) in [6.07, 6.45) is -4.34. The van der Waals surface area contributed by atoms with Crippen LogP contribution < -0.4 is 0 Å². The Morgan fingerprint density at radius 2 is 1.72 bits per heavy atom. The molecule has 0 aromatic rings. The molecule has 0 atom stereocenters. The van der Waals surface area contributed by atoms with Gasteiger partial charge in [0.25, 0.3) is 0 Å². The Morgan fingerprint density at radius 3 is 2.17 bits per heavy atom. The van der Waals surface area contributed by atoms with Crippen LogP contribution in [0.1, 0.15) is 20.3 Å². The Kier molecular flexibility index (Phi) is 9.55. The Hall–Kier alpha value is 0.410. The predicted molar refractivity (Wildman–Crippen MR) is 66.1 cm³/mol. The number of alkyl halides is 3. The van der Waals surface area contributed by atoms with Crippen molar-refractivity contribution < 1.29 is 31.7 Å². The molecule has 0 amide bonds. The van der Waals surface area contributed by atoms with Crippen molar-refractivity contribution in [2.75, 3.05) is 31.8 Å². The molecule has 0 radical (unpaired) electrons. The monoisotopic (exact) mass is 354 g/mol. The molecule has 0 aromatic carbocycles. The molecule has 0 unspecified atom stereocenters. The third kappa shape index (κ3) is 8.50. The number of ether oxygens (including phenoxy) is 1. The van der Waals surface area contributed by atoms with Gasteiger partial charge in [0.1, 0.15) is 0 Å². The van der Waals surface area contributed by atoms with Crippen molar-refractivity contribution in [3.63, 3.8) is 0 Å². The lowest BCUT2D eigenvalue weighted by atomic mass is 10.4. The highest BCUT2D eigenvalue weighted by atomic mass is 79.9. The fourth-order valence-corrected chi connectivity index (χ4v) is 2.42. The minimum atomic E-state index is -4.21. The molecular weight excluding hydrogens is 337 g/mol. The second-order valence-corrected chi connectivity index (χ2v) is 5.45. The lowest BCUT2D eigenvalue weighted by Gasteiger charge is -2.22. The van der Waals surface area contributed by atoms with E-state index < -0.39 is 20.4 Å². The Balaban J connectivity index is 4.27. The van der Waals surface area contributed by atoms with Gasteiger partial charge < -0.3 is 4.74 Å². The molecule has 0 saturated heterocycles. The number of phosphoric acid groups is 1. The summed E-state index contributed by atoms with van der Waals surface area (Å²) in [6.45, 7) is 3.01. The summed E-state index contributed by atoms with van der Waals surface area (Å²) in [5, 5.41) is 0.551. The molecule has 0 heterocycles. The molecule has 0 N–H and O–H groups in total. The molecule has 9 heteroatoms. The van der Waals surface area contributed by atoms with E-state index in [0.29, 0.717) is 11.9 Å². The van der Waals surface area contributed by atoms with Crippen molar-refractivity contribution in [2.45, 2.75) is 26.4 Å². The first-order valence-electron chi connectivity index (χ1n) is 5.50. The fourth-order valence-electron chi connectivity index (χ4n) is 0.963. The van der Waals surface area contributed by atoms with Crippen molar-refractivity contribution >= 4 is 23.8 Å². The number of hydrogen-bond acceptors (Lipinski definition) is 5. The first-order chi connectivity index (χ1) is 8.39. The van der Waals surface area contributed by atoms with Crippen molar-refractivity contribution in [3.05, 3.63) is 0 Å². The third-order valence-corrected chi connectivity index (χ3v) is 3.54. The Morgan fingerprint density at radius 1 is 1.17 bits per heavy atom. The van der Waals surface area contributed by atoms with Crippen molar-refractivity contribution in [1.29, 1.82) is 0 Å². The first-order valence-corrected chi connectivity index (χ1v) is 8.08. The van der Waals surface area contributed by atoms with Gasteiger partial charge >= 0.3 is 13.9 Å². The van der Waals surface area contributed by atoms with Crippen LogP contribution in [0.2, 0.25) is 0 Å². The van der Waals surface area contributed by atoms with Crippen molar-refractivity contribution in [2.24, 2.45) is 0 Å². The molecule has 0 saturated carbocycles. The van der Waals surface area contributed by atoms with Crippen molar-refractivity contribution in [3.8, 4) is 0 Å². The van der Waals surface area contributed by atoms with Gasteiger partial charge in [-0.15, -0.1) is 0 Å². The zero-order chi connectivity index (χ0) is 14.1. The zero-order valence-electron chi connectivity index (χ0n) is 10.4. The molecule has 5 nitrogen and oxygen atoms in total. The van der Waals surface area contributed by atoms with E-state index in [9.17, 15) is 13.3 Å². The zero-order valence-corrected chi connectivity index (χ0v) is 12.8. The highest BCUT2D eigenvalue weighted by Crippen LogP contribution is 2.53. The second kappa shape index (κ2) is 9.34. The van der Waals surface area contributed by atoms with E-state index in [2.05, 4.69) is 29.5 Å². The van der Waals surface area contributed by atoms with Crippen LogP contribution in [0.25, 0.3) is 0 Å². The summed E-state index contributed by atoms with van der Waals surface area (Å²) < 4.78 is 56.7. The standard InChI is InChI=1S/C9H18BrF2O5P/c1-3-15-18(13,16-4-2)17-9(11,12)5-7-14-8-6-10/h3-8H2,1-2H3. The van der Waals surface area contributed by atoms with E-state index in [1.807, 2.05) is 0 Å². The van der Waals surface area contributed by atoms with Gasteiger partial charge in [-0.25, -0.2) is 9.09 Å². The summed E-state index contributed by atoms with van der Waals surface area (Å²) in [5.41, 5.74) is 0. The maximum Gasteiger partial charge on any atom is 0.479 e. The summed E-state index contributed by atoms with van der Waals surface area (Å²) >= 11 is 3.09. The van der Waals surface area contributed by atoms with E-state index in [1.165, 1.54) is 13.8 Å². The molecule has 0 rings (SSSR count). The Bertz CT molecular complexity index is 257. The number of phosphoric ester groups is 1. The third-order valence-electron chi connectivity index (χ3n) is 1.58. The highest BCUT2D eigenvalue weighted by molar-refractivity contribution is 9.09. The summed E-state index contributed by atoms with van der Waals surface area (Å²) in [5.74, 6) is 0. The van der Waals surface area contributed by atoms with Crippen LogP contribution in [-0.4, -0.2) is 37.9 Å². The number of hydrogen-bond donors (Lipinski definition) is 0. The van der Waals surface area contributed by atoms with E-state index in [1.54, 1.807) is 0 Å². The molecule has 18 heavy (non-hydrogen) atoms. The highest BCUT2D eigenvalue weighted by Gasteiger charge is 2.41. The average molecular weight is 355 g/mol. The lowest BCUT2D eigenvalue weighted by Crippen LogP contribution is -2.23. The minimum absolute atomic E-state index is 0.0482. The molecule has 0 spiro atoms. The summed E-state index contributed by atoms with van der Waals surface area (Å²) in [4.78, 5) is 0. The summed E-state index contributed by atoms with van der Waals surface area (Å²) in [7, 11) is -4.21. The van der Waals surface area contributed by atoms with Crippen molar-refractivity contribution in [1.82, 2.24) is 0 Å². The molecular formula is C9H18BrF2O5P. The van der Waals surface area contributed by atoms with Gasteiger partial charge in [0.15, 0.2) is 0 Å². The average Bonchev–Trinajstić information content (AvgIpc) is 2.24. The molecule has 0 fully saturated rings. The maximum atomic E-state index is 13.3. The number of halogens is 3. The molecule has 0 aliphatic heterocycles. The van der Waals surface area contributed by atoms with Crippen LogP contribution in [0.5, 0.6) is 0 Å². The van der Waals surface area contributed by atoms with Crippen LogP contribution in [0, 0.1) is 0 Å². The van der Waals surface area contributed by atoms with Crippen LogP contribution in [0.4, 0.5) is 8.78 Å². The maximum absolute atomic E-state index is 13.3. The largest absolute Gasteiger partial charge is 0.479 e. The van der Waals surface area contributed by atoms with E-state index in [0.717, 1.165) is 0 Å². The summed E-state index contributed by atoms with van der Waals surface area (Å²) in [6, 6.07) is 0. The van der Waals surface area contributed by atoms with Gasteiger partial charge in [-0.3, -0.25) is 9.05 Å². The lowest BCUT2D eigenvalue weighted by molar-refractivity contribution is -0.200. The molecule has 0 aliphatic carbocycles. The normalized spacial score (nSPS) is 12.9. The van der Waals surface area contributed by atoms with Crippen LogP contribution >= 0.6 is 23.8 Å². The quantitative estimate of drug-likeness (QED) is 0.322. The smallest absolute Gasteiger partial charge is 0.380 e. The van der Waals surface area contributed by atoms with Crippen LogP contribution in [-0.2, 0) is 22.9 Å². The SMILES string of the molecule is CCOP(=O)(OCC)OC(F)(F)CCOCCBr. The van der Waals surface area contributed by atoms with E-state index >= 15 is 0 Å². The topological polar surface area (TPSA) is 54.0 Å². The van der Waals surface area contributed by atoms with Gasteiger partial charge in [-0.05, 0) is 13.8 Å². The van der Waals surface area contributed by atoms with E-state index in [4.69, 9.17) is 4.74 Å². The molecule has 110 valence electrons. The van der Waals surface area contributed by atoms with Gasteiger partial charge in [0.05, 0.1) is 32.8 Å². The van der Waals surface area contributed by atoms with Gasteiger partial charge in [0, 0.05) is 5.33 Å². The first kappa shape index (κ1) is 18.4. The molecule has 0 aromatic heterocycles. The van der Waals surface area contributed by atoms with Crippen LogP contribution in [0.3, 0.4) is 0 Å². The van der Waals surface area contributed by atoms with Gasteiger partial charge in [0.2, 0.25) is 0 Å². The van der Waals surface area contributed by atoms with E-state index in [-0.39, 0.29) is 19.8 Å². The fraction of sp³-hybridized carbons (Fsp3) is 1.00. The predicted octanol–water partition coefficient (Wildman–Crippen LogP) is 3.58. The minimum Gasteiger partial charge on any atom is -0.380 e. The molecule has 0 bridgehead atoms.